The number of hydrogen-bond acceptors (Lipinski definition) is 6. The van der Waals surface area contributed by atoms with Crippen LogP contribution in [-0.4, -0.2) is 28.6 Å². The van der Waals surface area contributed by atoms with E-state index in [9.17, 15) is 4.79 Å². The second kappa shape index (κ2) is 7.35. The van der Waals surface area contributed by atoms with Gasteiger partial charge in [-0.05, 0) is 39.8 Å². The third kappa shape index (κ3) is 4.27. The fourth-order valence-electron chi connectivity index (χ4n) is 2.09. The number of carbonyl (C=O) groups excluding carboxylic acids is 1. The second-order valence-electron chi connectivity index (χ2n) is 5.27. The Morgan fingerprint density at radius 1 is 1.41 bits per heavy atom. The van der Waals surface area contributed by atoms with Crippen molar-refractivity contribution in [3.05, 3.63) is 39.5 Å². The summed E-state index contributed by atoms with van der Waals surface area (Å²) in [6.45, 7) is 8.38. The molecule has 0 aliphatic heterocycles. The number of anilines is 1. The van der Waals surface area contributed by atoms with E-state index in [2.05, 4.69) is 15.3 Å². The van der Waals surface area contributed by atoms with Crippen LogP contribution in [0, 0.1) is 13.8 Å². The van der Waals surface area contributed by atoms with Crippen molar-refractivity contribution >= 4 is 23.1 Å². The maximum Gasteiger partial charge on any atom is 0.342 e. The van der Waals surface area contributed by atoms with Gasteiger partial charge in [-0.3, -0.25) is 0 Å². The Morgan fingerprint density at radius 3 is 2.82 bits per heavy atom. The van der Waals surface area contributed by atoms with Gasteiger partial charge in [0, 0.05) is 24.0 Å². The van der Waals surface area contributed by atoms with Crippen LogP contribution in [0.3, 0.4) is 0 Å². The van der Waals surface area contributed by atoms with Crippen LogP contribution in [0.2, 0.25) is 0 Å². The summed E-state index contributed by atoms with van der Waals surface area (Å²) in [5, 5.41) is 4.29. The Kier molecular flexibility index (Phi) is 5.49. The molecule has 0 aliphatic carbocycles. The van der Waals surface area contributed by atoms with E-state index in [1.54, 1.807) is 29.7 Å². The van der Waals surface area contributed by atoms with E-state index < -0.39 is 0 Å². The molecule has 0 atom stereocenters. The Hall–Kier alpha value is -1.95. The monoisotopic (exact) mass is 319 g/mol. The molecule has 0 amide bonds. The van der Waals surface area contributed by atoms with Crippen LogP contribution >= 0.6 is 11.3 Å². The molecule has 5 nitrogen and oxygen atoms in total. The lowest BCUT2D eigenvalue weighted by Gasteiger charge is -2.12. The van der Waals surface area contributed by atoms with Crippen molar-refractivity contribution in [1.82, 2.24) is 9.97 Å². The molecule has 0 aromatic carbocycles. The molecule has 0 bridgehead atoms. The van der Waals surface area contributed by atoms with E-state index in [1.807, 2.05) is 27.7 Å². The number of pyridine rings is 1. The molecule has 6 heteroatoms. The number of aryl methyl sites for hydroxylation is 2. The minimum atomic E-state index is -0.351. The fourth-order valence-corrected chi connectivity index (χ4v) is 3.02. The number of rotatable bonds is 6. The van der Waals surface area contributed by atoms with Gasteiger partial charge in [0.2, 0.25) is 0 Å². The summed E-state index contributed by atoms with van der Waals surface area (Å²) in [6, 6.07) is 3.46. The van der Waals surface area contributed by atoms with E-state index in [1.165, 1.54) is 4.88 Å². The zero-order valence-electron chi connectivity index (χ0n) is 13.3. The van der Waals surface area contributed by atoms with Crippen LogP contribution < -0.4 is 5.32 Å². The third-order valence-electron chi connectivity index (χ3n) is 3.01. The summed E-state index contributed by atoms with van der Waals surface area (Å²) < 4.78 is 5.24. The van der Waals surface area contributed by atoms with Crippen LogP contribution in [0.1, 0.15) is 39.8 Å². The zero-order valence-corrected chi connectivity index (χ0v) is 14.2. The molecule has 0 fully saturated rings. The molecule has 118 valence electrons. The zero-order chi connectivity index (χ0) is 16.1. The van der Waals surface area contributed by atoms with Gasteiger partial charge in [-0.1, -0.05) is 0 Å². The molecule has 2 heterocycles. The first-order valence-corrected chi connectivity index (χ1v) is 8.11. The van der Waals surface area contributed by atoms with Crippen molar-refractivity contribution in [1.29, 1.82) is 0 Å². The lowest BCUT2D eigenvalue weighted by Crippen LogP contribution is -2.16. The van der Waals surface area contributed by atoms with Crippen molar-refractivity contribution in [3.63, 3.8) is 0 Å². The average molecular weight is 319 g/mol. The van der Waals surface area contributed by atoms with Crippen molar-refractivity contribution in [2.24, 2.45) is 0 Å². The van der Waals surface area contributed by atoms with Gasteiger partial charge in [0.15, 0.2) is 0 Å². The highest BCUT2D eigenvalue weighted by molar-refractivity contribution is 7.11. The molecule has 2 aromatic heterocycles. The maximum atomic E-state index is 12.1. The van der Waals surface area contributed by atoms with Gasteiger partial charge in [-0.15, -0.1) is 11.3 Å². The Labute approximate surface area is 134 Å². The fraction of sp³-hybridized carbons (Fsp3) is 0.438. The first-order valence-electron chi connectivity index (χ1n) is 7.30. The summed E-state index contributed by atoms with van der Waals surface area (Å²) >= 11 is 1.71. The van der Waals surface area contributed by atoms with E-state index in [0.29, 0.717) is 17.9 Å². The number of nitrogens with one attached hydrogen (secondary N) is 1. The largest absolute Gasteiger partial charge is 0.459 e. The Bertz CT molecular complexity index is 653. The molecule has 0 radical (unpaired) electrons. The molecule has 0 aliphatic rings. The van der Waals surface area contributed by atoms with Crippen molar-refractivity contribution < 1.29 is 9.53 Å². The summed E-state index contributed by atoms with van der Waals surface area (Å²) in [5.41, 5.74) is 1.54. The van der Waals surface area contributed by atoms with Gasteiger partial charge in [0.25, 0.3) is 0 Å². The lowest BCUT2D eigenvalue weighted by molar-refractivity contribution is 0.0378. The molecule has 1 N–H and O–H groups in total. The quantitative estimate of drug-likeness (QED) is 0.827. The molecule has 22 heavy (non-hydrogen) atoms. The second-order valence-corrected chi connectivity index (χ2v) is 6.56. The highest BCUT2D eigenvalue weighted by atomic mass is 32.1. The number of thiazole rings is 1. The first-order chi connectivity index (χ1) is 10.5. The number of ether oxygens (including phenoxy) is 1. The lowest BCUT2D eigenvalue weighted by atomic mass is 10.2. The number of hydrogen-bond donors (Lipinski definition) is 1. The number of esters is 1. The molecule has 0 spiro atoms. The smallest absolute Gasteiger partial charge is 0.342 e. The molecule has 0 saturated heterocycles. The van der Waals surface area contributed by atoms with E-state index in [0.717, 1.165) is 17.1 Å². The SMILES string of the molecule is Cc1nc(C)c(CCNc2ncccc2C(=O)OC(C)C)s1. The third-order valence-corrected chi connectivity index (χ3v) is 4.15. The molecule has 0 saturated carbocycles. The van der Waals surface area contributed by atoms with Crippen molar-refractivity contribution in [2.45, 2.75) is 40.2 Å². The van der Waals surface area contributed by atoms with Gasteiger partial charge in [0.05, 0.1) is 16.8 Å². The standard InChI is InChI=1S/C16H21N3O2S/c1-10(2)21-16(20)13-6-5-8-17-15(13)18-9-7-14-11(3)19-12(4)22-14/h5-6,8,10H,7,9H2,1-4H3,(H,17,18). The molecule has 0 unspecified atom stereocenters. The van der Waals surface area contributed by atoms with Crippen LogP contribution in [0.5, 0.6) is 0 Å². The van der Waals surface area contributed by atoms with Crippen molar-refractivity contribution in [3.8, 4) is 0 Å². The van der Waals surface area contributed by atoms with Crippen LogP contribution in [-0.2, 0) is 11.2 Å². The predicted octanol–water partition coefficient (Wildman–Crippen LogP) is 3.37. The van der Waals surface area contributed by atoms with Gasteiger partial charge < -0.3 is 10.1 Å². The van der Waals surface area contributed by atoms with Crippen molar-refractivity contribution in [2.75, 3.05) is 11.9 Å². The summed E-state index contributed by atoms with van der Waals surface area (Å²) in [5.74, 6) is 0.211. The average Bonchev–Trinajstić information content (AvgIpc) is 2.77. The maximum absolute atomic E-state index is 12.1. The Morgan fingerprint density at radius 2 is 2.18 bits per heavy atom. The molecular formula is C16H21N3O2S. The topological polar surface area (TPSA) is 64.1 Å². The van der Waals surface area contributed by atoms with Gasteiger partial charge in [-0.2, -0.15) is 0 Å². The minimum absolute atomic E-state index is 0.150. The van der Waals surface area contributed by atoms with Gasteiger partial charge >= 0.3 is 5.97 Å². The number of carbonyl (C=O) groups is 1. The van der Waals surface area contributed by atoms with E-state index in [-0.39, 0.29) is 12.1 Å². The summed E-state index contributed by atoms with van der Waals surface area (Å²) in [6.07, 6.45) is 2.37. The molecule has 2 rings (SSSR count). The summed E-state index contributed by atoms with van der Waals surface area (Å²) in [7, 11) is 0. The number of aromatic nitrogens is 2. The first kappa shape index (κ1) is 16.4. The highest BCUT2D eigenvalue weighted by Gasteiger charge is 2.15. The van der Waals surface area contributed by atoms with Crippen LogP contribution in [0.25, 0.3) is 0 Å². The minimum Gasteiger partial charge on any atom is -0.459 e. The normalized spacial score (nSPS) is 10.8. The number of nitrogens with zero attached hydrogens (tertiary/aromatic N) is 2. The highest BCUT2D eigenvalue weighted by Crippen LogP contribution is 2.18. The van der Waals surface area contributed by atoms with E-state index in [4.69, 9.17) is 4.74 Å². The van der Waals surface area contributed by atoms with Crippen LogP contribution in [0.15, 0.2) is 18.3 Å². The molecular weight excluding hydrogens is 298 g/mol. The Balaban J connectivity index is 2.01. The summed E-state index contributed by atoms with van der Waals surface area (Å²) in [4.78, 5) is 22.0. The van der Waals surface area contributed by atoms with Gasteiger partial charge in [-0.25, -0.2) is 14.8 Å². The van der Waals surface area contributed by atoms with Gasteiger partial charge in [0.1, 0.15) is 11.4 Å². The van der Waals surface area contributed by atoms with Crippen LogP contribution in [0.4, 0.5) is 5.82 Å². The molecule has 2 aromatic rings. The predicted molar refractivity (Wildman–Crippen MR) is 88.6 cm³/mol. The van der Waals surface area contributed by atoms with E-state index >= 15 is 0 Å².